The van der Waals surface area contributed by atoms with E-state index in [2.05, 4.69) is 32.6 Å². The highest BCUT2D eigenvalue weighted by molar-refractivity contribution is 6.17. The number of halogens is 1. The molecule has 2 heteroatoms. The zero-order chi connectivity index (χ0) is 12.2. The van der Waals surface area contributed by atoms with Crippen LogP contribution in [-0.4, -0.2) is 30.4 Å². The summed E-state index contributed by atoms with van der Waals surface area (Å²) in [5, 5.41) is 0. The molecule has 16 heavy (non-hydrogen) atoms. The predicted molar refractivity (Wildman–Crippen MR) is 73.1 cm³/mol. The largest absolute Gasteiger partial charge is 0.303 e. The Morgan fingerprint density at radius 3 is 2.50 bits per heavy atom. The van der Waals surface area contributed by atoms with Crippen LogP contribution in [0.2, 0.25) is 0 Å². The van der Waals surface area contributed by atoms with E-state index in [1.54, 1.807) is 0 Å². The van der Waals surface area contributed by atoms with Gasteiger partial charge in [-0.1, -0.05) is 27.7 Å². The molecule has 0 spiro atoms. The standard InChI is InChI=1S/C14H28ClN/c1-12(5-8-15)6-9-16-10-7-13(11-16)14(2,3)4/h12-13H,5-11H2,1-4H3. The molecule has 0 aliphatic carbocycles. The third kappa shape index (κ3) is 4.63. The summed E-state index contributed by atoms with van der Waals surface area (Å²) in [6, 6.07) is 0. The van der Waals surface area contributed by atoms with Gasteiger partial charge in [0, 0.05) is 12.4 Å². The molecule has 2 unspecified atom stereocenters. The Morgan fingerprint density at radius 1 is 1.31 bits per heavy atom. The molecule has 0 N–H and O–H groups in total. The third-order valence-corrected chi connectivity index (χ3v) is 4.26. The van der Waals surface area contributed by atoms with Crippen LogP contribution in [0.3, 0.4) is 0 Å². The highest BCUT2D eigenvalue weighted by Gasteiger charge is 2.31. The van der Waals surface area contributed by atoms with E-state index in [1.807, 2.05) is 0 Å². The maximum Gasteiger partial charge on any atom is 0.0225 e. The molecule has 1 fully saturated rings. The van der Waals surface area contributed by atoms with E-state index in [0.29, 0.717) is 5.41 Å². The first-order valence-electron chi connectivity index (χ1n) is 6.71. The first-order chi connectivity index (χ1) is 7.43. The molecule has 0 saturated carbocycles. The molecule has 0 aromatic heterocycles. The van der Waals surface area contributed by atoms with Gasteiger partial charge in [0.25, 0.3) is 0 Å². The van der Waals surface area contributed by atoms with Crippen molar-refractivity contribution in [2.75, 3.05) is 25.5 Å². The van der Waals surface area contributed by atoms with Gasteiger partial charge in [-0.2, -0.15) is 0 Å². The topological polar surface area (TPSA) is 3.24 Å². The number of hydrogen-bond donors (Lipinski definition) is 0. The first-order valence-corrected chi connectivity index (χ1v) is 7.25. The molecule has 0 bridgehead atoms. The minimum absolute atomic E-state index is 0.483. The SMILES string of the molecule is CC(CCCl)CCN1CCC(C(C)(C)C)C1. The van der Waals surface area contributed by atoms with Crippen molar-refractivity contribution >= 4 is 11.6 Å². The Labute approximate surface area is 107 Å². The Bertz CT molecular complexity index is 197. The zero-order valence-electron chi connectivity index (χ0n) is 11.4. The van der Waals surface area contributed by atoms with Crippen molar-refractivity contribution in [2.24, 2.45) is 17.3 Å². The van der Waals surface area contributed by atoms with Gasteiger partial charge >= 0.3 is 0 Å². The van der Waals surface area contributed by atoms with Crippen LogP contribution in [0.4, 0.5) is 0 Å². The average molecular weight is 246 g/mol. The van der Waals surface area contributed by atoms with Crippen molar-refractivity contribution in [1.29, 1.82) is 0 Å². The molecule has 0 aromatic rings. The number of alkyl halides is 1. The summed E-state index contributed by atoms with van der Waals surface area (Å²) in [6.45, 7) is 13.3. The zero-order valence-corrected chi connectivity index (χ0v) is 12.2. The minimum Gasteiger partial charge on any atom is -0.303 e. The maximum atomic E-state index is 5.76. The van der Waals surface area contributed by atoms with E-state index in [-0.39, 0.29) is 0 Å². The summed E-state index contributed by atoms with van der Waals surface area (Å²) < 4.78 is 0. The van der Waals surface area contributed by atoms with Crippen molar-refractivity contribution in [3.8, 4) is 0 Å². The minimum atomic E-state index is 0.483. The molecule has 1 aliphatic rings. The summed E-state index contributed by atoms with van der Waals surface area (Å²) in [4.78, 5) is 2.64. The van der Waals surface area contributed by atoms with Crippen LogP contribution in [-0.2, 0) is 0 Å². The normalized spacial score (nSPS) is 24.9. The van der Waals surface area contributed by atoms with Crippen LogP contribution >= 0.6 is 11.6 Å². The van der Waals surface area contributed by atoms with Gasteiger partial charge in [-0.15, -0.1) is 11.6 Å². The molecule has 2 atom stereocenters. The molecule has 1 heterocycles. The number of likely N-dealkylation sites (tertiary alicyclic amines) is 1. The summed E-state index contributed by atoms with van der Waals surface area (Å²) in [6.07, 6.45) is 3.86. The average Bonchev–Trinajstić information content (AvgIpc) is 2.63. The van der Waals surface area contributed by atoms with Gasteiger partial charge in [-0.25, -0.2) is 0 Å². The fraction of sp³-hybridized carbons (Fsp3) is 1.00. The third-order valence-electron chi connectivity index (χ3n) is 4.04. The van der Waals surface area contributed by atoms with Crippen LogP contribution in [0.5, 0.6) is 0 Å². The smallest absolute Gasteiger partial charge is 0.0225 e. The van der Waals surface area contributed by atoms with Crippen molar-refractivity contribution in [3.63, 3.8) is 0 Å². The molecule has 1 saturated heterocycles. The van der Waals surface area contributed by atoms with E-state index >= 15 is 0 Å². The second kappa shape index (κ2) is 6.26. The van der Waals surface area contributed by atoms with Crippen LogP contribution in [0.25, 0.3) is 0 Å². The summed E-state index contributed by atoms with van der Waals surface area (Å²) in [5.41, 5.74) is 0.483. The fourth-order valence-electron chi connectivity index (χ4n) is 2.48. The van der Waals surface area contributed by atoms with Gasteiger partial charge in [0.1, 0.15) is 0 Å². The Hall–Kier alpha value is 0.250. The lowest BCUT2D eigenvalue weighted by molar-refractivity contribution is 0.223. The van der Waals surface area contributed by atoms with Gasteiger partial charge in [-0.05, 0) is 49.6 Å². The number of rotatable bonds is 5. The van der Waals surface area contributed by atoms with Gasteiger partial charge in [0.05, 0.1) is 0 Å². The molecule has 0 amide bonds. The molecule has 1 nitrogen and oxygen atoms in total. The van der Waals surface area contributed by atoms with Crippen molar-refractivity contribution < 1.29 is 0 Å². The Balaban J connectivity index is 2.22. The predicted octanol–water partition coefficient (Wildman–Crippen LogP) is 4.01. The number of nitrogens with zero attached hydrogens (tertiary/aromatic N) is 1. The molecular formula is C14H28ClN. The van der Waals surface area contributed by atoms with Crippen LogP contribution in [0, 0.1) is 17.3 Å². The quantitative estimate of drug-likeness (QED) is 0.662. The second-order valence-corrected chi connectivity index (χ2v) is 6.90. The van der Waals surface area contributed by atoms with Gasteiger partial charge in [-0.3, -0.25) is 0 Å². The molecule has 0 radical (unpaired) electrons. The van der Waals surface area contributed by atoms with Crippen molar-refractivity contribution in [2.45, 2.75) is 47.0 Å². The van der Waals surface area contributed by atoms with E-state index in [0.717, 1.165) is 24.1 Å². The lowest BCUT2D eigenvalue weighted by Crippen LogP contribution is -2.27. The highest BCUT2D eigenvalue weighted by atomic mass is 35.5. The first kappa shape index (κ1) is 14.3. The lowest BCUT2D eigenvalue weighted by Gasteiger charge is -2.27. The molecule has 1 rings (SSSR count). The van der Waals surface area contributed by atoms with Crippen molar-refractivity contribution in [3.05, 3.63) is 0 Å². The molecular weight excluding hydrogens is 218 g/mol. The fourth-order valence-corrected chi connectivity index (χ4v) is 2.85. The van der Waals surface area contributed by atoms with E-state index < -0.39 is 0 Å². The summed E-state index contributed by atoms with van der Waals surface area (Å²) in [7, 11) is 0. The lowest BCUT2D eigenvalue weighted by atomic mass is 9.80. The van der Waals surface area contributed by atoms with Crippen LogP contribution in [0.1, 0.15) is 47.0 Å². The Morgan fingerprint density at radius 2 is 2.00 bits per heavy atom. The van der Waals surface area contributed by atoms with E-state index in [1.165, 1.54) is 32.5 Å². The summed E-state index contributed by atoms with van der Waals surface area (Å²) >= 11 is 5.76. The molecule has 1 aliphatic heterocycles. The van der Waals surface area contributed by atoms with Gasteiger partial charge in [0.15, 0.2) is 0 Å². The van der Waals surface area contributed by atoms with E-state index in [9.17, 15) is 0 Å². The highest BCUT2D eigenvalue weighted by Crippen LogP contribution is 2.33. The molecule has 96 valence electrons. The Kier molecular flexibility index (Phi) is 5.60. The van der Waals surface area contributed by atoms with Crippen LogP contribution in [0.15, 0.2) is 0 Å². The van der Waals surface area contributed by atoms with Gasteiger partial charge < -0.3 is 4.90 Å². The van der Waals surface area contributed by atoms with Crippen LogP contribution < -0.4 is 0 Å². The van der Waals surface area contributed by atoms with Crippen molar-refractivity contribution in [1.82, 2.24) is 4.90 Å². The summed E-state index contributed by atoms with van der Waals surface area (Å²) in [5.74, 6) is 2.48. The molecule has 0 aromatic carbocycles. The van der Waals surface area contributed by atoms with E-state index in [4.69, 9.17) is 11.6 Å². The maximum absolute atomic E-state index is 5.76. The second-order valence-electron chi connectivity index (χ2n) is 6.52. The number of hydrogen-bond acceptors (Lipinski definition) is 1. The van der Waals surface area contributed by atoms with Gasteiger partial charge in [0.2, 0.25) is 0 Å². The monoisotopic (exact) mass is 245 g/mol.